The zero-order valence-electron chi connectivity index (χ0n) is 11.5. The predicted molar refractivity (Wildman–Crippen MR) is 77.6 cm³/mol. The lowest BCUT2D eigenvalue weighted by Crippen LogP contribution is -2.41. The van der Waals surface area contributed by atoms with E-state index in [-0.39, 0.29) is 5.78 Å². The van der Waals surface area contributed by atoms with Crippen LogP contribution in [-0.4, -0.2) is 18.5 Å². The summed E-state index contributed by atoms with van der Waals surface area (Å²) in [5, 5.41) is 0.701. The molecule has 0 radical (unpaired) electrons. The molecule has 0 saturated heterocycles. The van der Waals surface area contributed by atoms with Crippen molar-refractivity contribution < 1.29 is 9.53 Å². The van der Waals surface area contributed by atoms with Crippen molar-refractivity contribution >= 4 is 17.4 Å². The van der Waals surface area contributed by atoms with Crippen LogP contribution in [0.25, 0.3) is 0 Å². The van der Waals surface area contributed by atoms with Crippen molar-refractivity contribution in [3.8, 4) is 0 Å². The van der Waals surface area contributed by atoms with Crippen LogP contribution in [0.3, 0.4) is 0 Å². The van der Waals surface area contributed by atoms with Gasteiger partial charge in [-0.25, -0.2) is 0 Å². The molecular formula is C16H21ClO2. The Labute approximate surface area is 120 Å². The molecule has 104 valence electrons. The minimum atomic E-state index is -0.559. The summed E-state index contributed by atoms with van der Waals surface area (Å²) in [5.74, 6) is 0.208. The molecule has 0 spiro atoms. The highest BCUT2D eigenvalue weighted by Crippen LogP contribution is 2.32. The molecule has 0 heterocycles. The van der Waals surface area contributed by atoms with Gasteiger partial charge < -0.3 is 4.74 Å². The maximum absolute atomic E-state index is 12.6. The van der Waals surface area contributed by atoms with Gasteiger partial charge in [-0.2, -0.15) is 0 Å². The van der Waals surface area contributed by atoms with Crippen molar-refractivity contribution in [3.05, 3.63) is 34.9 Å². The van der Waals surface area contributed by atoms with E-state index < -0.39 is 5.60 Å². The summed E-state index contributed by atoms with van der Waals surface area (Å²) >= 11 is 5.86. The Kier molecular flexibility index (Phi) is 5.00. The molecular weight excluding hydrogens is 260 g/mol. The van der Waals surface area contributed by atoms with Crippen LogP contribution < -0.4 is 0 Å². The fourth-order valence-electron chi connectivity index (χ4n) is 2.85. The van der Waals surface area contributed by atoms with Gasteiger partial charge in [-0.15, -0.1) is 0 Å². The van der Waals surface area contributed by atoms with Gasteiger partial charge in [0, 0.05) is 18.6 Å². The van der Waals surface area contributed by atoms with E-state index in [1.54, 1.807) is 7.11 Å². The number of Topliss-reactive ketones (excluding diaryl/α,β-unsaturated/α-hetero) is 1. The van der Waals surface area contributed by atoms with Crippen LogP contribution in [0.15, 0.2) is 24.3 Å². The Morgan fingerprint density at radius 1 is 1.16 bits per heavy atom. The predicted octanol–water partition coefficient (Wildman–Crippen LogP) is 4.19. The van der Waals surface area contributed by atoms with E-state index in [0.717, 1.165) is 31.2 Å². The summed E-state index contributed by atoms with van der Waals surface area (Å²) in [6, 6.07) is 7.49. The second-order valence-corrected chi connectivity index (χ2v) is 5.78. The van der Waals surface area contributed by atoms with Gasteiger partial charge in [0.25, 0.3) is 0 Å². The first-order valence-corrected chi connectivity index (χ1v) is 7.37. The fraction of sp³-hybridized carbons (Fsp3) is 0.562. The second kappa shape index (κ2) is 6.53. The van der Waals surface area contributed by atoms with Gasteiger partial charge in [-0.1, -0.05) is 49.4 Å². The van der Waals surface area contributed by atoms with Crippen LogP contribution in [0.1, 0.15) is 44.1 Å². The maximum atomic E-state index is 12.6. The van der Waals surface area contributed by atoms with Gasteiger partial charge in [0.05, 0.1) is 0 Å². The van der Waals surface area contributed by atoms with Crippen molar-refractivity contribution in [2.24, 2.45) is 0 Å². The van der Waals surface area contributed by atoms with Crippen LogP contribution >= 0.6 is 11.6 Å². The van der Waals surface area contributed by atoms with Gasteiger partial charge in [0.15, 0.2) is 5.78 Å². The Bertz CT molecular complexity index is 417. The number of hydrogen-bond acceptors (Lipinski definition) is 2. The van der Waals surface area contributed by atoms with E-state index in [1.807, 2.05) is 24.3 Å². The van der Waals surface area contributed by atoms with E-state index in [4.69, 9.17) is 16.3 Å². The number of carbonyl (C=O) groups is 1. The molecule has 1 saturated carbocycles. The number of benzene rings is 1. The van der Waals surface area contributed by atoms with Crippen molar-refractivity contribution in [2.75, 3.05) is 7.11 Å². The average Bonchev–Trinajstić information content (AvgIpc) is 2.67. The average molecular weight is 281 g/mol. The Hall–Kier alpha value is -0.860. The first-order valence-electron chi connectivity index (χ1n) is 6.99. The third kappa shape index (κ3) is 3.58. The molecule has 0 amide bonds. The lowest BCUT2D eigenvalue weighted by atomic mass is 9.86. The zero-order valence-corrected chi connectivity index (χ0v) is 12.2. The Balaban J connectivity index is 2.09. The molecule has 2 rings (SSSR count). The van der Waals surface area contributed by atoms with Gasteiger partial charge in [-0.05, 0) is 30.5 Å². The van der Waals surface area contributed by atoms with Crippen LogP contribution in [0.4, 0.5) is 0 Å². The smallest absolute Gasteiger partial charge is 0.168 e. The molecule has 1 aromatic rings. The first kappa shape index (κ1) is 14.5. The molecule has 2 nitrogen and oxygen atoms in total. The monoisotopic (exact) mass is 280 g/mol. The van der Waals surface area contributed by atoms with Crippen LogP contribution in [0.5, 0.6) is 0 Å². The fourth-order valence-corrected chi connectivity index (χ4v) is 2.97. The minimum absolute atomic E-state index is 0.208. The van der Waals surface area contributed by atoms with Gasteiger partial charge in [0.1, 0.15) is 5.60 Å². The van der Waals surface area contributed by atoms with E-state index in [2.05, 4.69) is 0 Å². The SMILES string of the molecule is COC1(C(=O)Cc2ccc(Cl)cc2)CCCCCC1. The number of halogens is 1. The normalized spacial score (nSPS) is 18.8. The largest absolute Gasteiger partial charge is 0.370 e. The summed E-state index contributed by atoms with van der Waals surface area (Å²) in [5.41, 5.74) is 0.450. The molecule has 0 bridgehead atoms. The molecule has 19 heavy (non-hydrogen) atoms. The van der Waals surface area contributed by atoms with Gasteiger partial charge in [0.2, 0.25) is 0 Å². The third-order valence-electron chi connectivity index (χ3n) is 4.09. The Morgan fingerprint density at radius 3 is 2.26 bits per heavy atom. The minimum Gasteiger partial charge on any atom is -0.370 e. The highest BCUT2D eigenvalue weighted by molar-refractivity contribution is 6.30. The quantitative estimate of drug-likeness (QED) is 0.773. The molecule has 1 aliphatic rings. The molecule has 3 heteroatoms. The molecule has 0 aliphatic heterocycles. The molecule has 0 atom stereocenters. The molecule has 0 aromatic heterocycles. The van der Waals surface area contributed by atoms with Crippen LogP contribution in [-0.2, 0) is 16.0 Å². The molecule has 1 aromatic carbocycles. The van der Waals surface area contributed by atoms with Crippen molar-refractivity contribution in [2.45, 2.75) is 50.5 Å². The first-order chi connectivity index (χ1) is 9.16. The van der Waals surface area contributed by atoms with Gasteiger partial charge >= 0.3 is 0 Å². The lowest BCUT2D eigenvalue weighted by molar-refractivity contribution is -0.142. The standard InChI is InChI=1S/C16H21ClO2/c1-19-16(10-4-2-3-5-11-16)15(18)12-13-6-8-14(17)9-7-13/h6-9H,2-5,10-12H2,1H3. The van der Waals surface area contributed by atoms with Crippen molar-refractivity contribution in [1.29, 1.82) is 0 Å². The summed E-state index contributed by atoms with van der Waals surface area (Å²) in [6.07, 6.45) is 6.73. The number of rotatable bonds is 4. The van der Waals surface area contributed by atoms with Crippen LogP contribution in [0.2, 0.25) is 5.02 Å². The number of ether oxygens (including phenoxy) is 1. The number of methoxy groups -OCH3 is 1. The van der Waals surface area contributed by atoms with E-state index >= 15 is 0 Å². The van der Waals surface area contributed by atoms with E-state index in [1.165, 1.54) is 12.8 Å². The van der Waals surface area contributed by atoms with E-state index in [0.29, 0.717) is 11.4 Å². The summed E-state index contributed by atoms with van der Waals surface area (Å²) < 4.78 is 5.64. The topological polar surface area (TPSA) is 26.3 Å². The molecule has 1 fully saturated rings. The Morgan fingerprint density at radius 2 is 1.74 bits per heavy atom. The summed E-state index contributed by atoms with van der Waals surface area (Å²) in [7, 11) is 1.67. The molecule has 0 N–H and O–H groups in total. The lowest BCUT2D eigenvalue weighted by Gasteiger charge is -2.29. The summed E-state index contributed by atoms with van der Waals surface area (Å²) in [6.45, 7) is 0. The number of hydrogen-bond donors (Lipinski definition) is 0. The second-order valence-electron chi connectivity index (χ2n) is 5.34. The molecule has 1 aliphatic carbocycles. The van der Waals surface area contributed by atoms with Crippen molar-refractivity contribution in [1.82, 2.24) is 0 Å². The zero-order chi connectivity index (χ0) is 13.7. The molecule has 0 unspecified atom stereocenters. The van der Waals surface area contributed by atoms with E-state index in [9.17, 15) is 4.79 Å². The van der Waals surface area contributed by atoms with Gasteiger partial charge in [-0.3, -0.25) is 4.79 Å². The highest BCUT2D eigenvalue weighted by atomic mass is 35.5. The number of carbonyl (C=O) groups excluding carboxylic acids is 1. The van der Waals surface area contributed by atoms with Crippen LogP contribution in [0, 0.1) is 0 Å². The van der Waals surface area contributed by atoms with Crippen molar-refractivity contribution in [3.63, 3.8) is 0 Å². The summed E-state index contributed by atoms with van der Waals surface area (Å²) in [4.78, 5) is 12.6. The highest BCUT2D eigenvalue weighted by Gasteiger charge is 2.37. The third-order valence-corrected chi connectivity index (χ3v) is 4.34. The maximum Gasteiger partial charge on any atom is 0.168 e. The number of ketones is 1.